The molecule has 0 spiro atoms. The largest absolute Gasteiger partial charge is 0.422 e. The number of rotatable bonds is 3. The molecule has 138 valence electrons. The third kappa shape index (κ3) is 4.13. The highest BCUT2D eigenvalue weighted by molar-refractivity contribution is 14.1. The van der Waals surface area contributed by atoms with Gasteiger partial charge in [-0.25, -0.2) is 4.79 Å². The quantitative estimate of drug-likeness (QED) is 0.100. The second-order valence-electron chi connectivity index (χ2n) is 6.32. The van der Waals surface area contributed by atoms with E-state index >= 15 is 0 Å². The van der Waals surface area contributed by atoms with Gasteiger partial charge in [-0.05, 0) is 111 Å². The highest BCUT2D eigenvalue weighted by atomic mass is 127. The fourth-order valence-corrected chi connectivity index (χ4v) is 8.17. The third-order valence-electron chi connectivity index (χ3n) is 4.64. The number of halogens is 3. The number of hydrogen-bond donors (Lipinski definition) is 0. The van der Waals surface area contributed by atoms with Crippen LogP contribution in [0.1, 0.15) is 23.2 Å². The van der Waals surface area contributed by atoms with Gasteiger partial charge in [0, 0.05) is 32.4 Å². The summed E-state index contributed by atoms with van der Waals surface area (Å²) < 4.78 is 8.81. The van der Waals surface area contributed by atoms with E-state index in [2.05, 4.69) is 92.0 Å². The monoisotopic (exact) mass is 713 g/mol. The van der Waals surface area contributed by atoms with Crippen LogP contribution in [-0.2, 0) is 10.9 Å². The first-order chi connectivity index (χ1) is 13.1. The molecule has 0 bridgehead atoms. The maximum Gasteiger partial charge on any atom is 0.345 e. The second kappa shape index (κ2) is 8.74. The van der Waals surface area contributed by atoms with Crippen LogP contribution in [0.2, 0.25) is 0 Å². The SMILES string of the molecule is O=C(Oc1cccc2c([S+]3CCCC3)cccc12)c1c(I)ccc(I)c1I. The van der Waals surface area contributed by atoms with Crippen LogP contribution in [0.15, 0.2) is 53.4 Å². The first-order valence-electron chi connectivity index (χ1n) is 8.61. The summed E-state index contributed by atoms with van der Waals surface area (Å²) in [5, 5.41) is 2.25. The van der Waals surface area contributed by atoms with Crippen LogP contribution in [0.5, 0.6) is 5.75 Å². The van der Waals surface area contributed by atoms with E-state index in [0.717, 1.165) is 16.1 Å². The molecule has 0 aliphatic carbocycles. The van der Waals surface area contributed by atoms with E-state index in [-0.39, 0.29) is 5.97 Å². The van der Waals surface area contributed by atoms with E-state index in [1.807, 2.05) is 24.3 Å². The Morgan fingerprint density at radius 2 is 1.52 bits per heavy atom. The Kier molecular flexibility index (Phi) is 6.55. The van der Waals surface area contributed by atoms with Crippen molar-refractivity contribution in [3.05, 3.63) is 64.8 Å². The van der Waals surface area contributed by atoms with Crippen molar-refractivity contribution in [2.75, 3.05) is 11.5 Å². The van der Waals surface area contributed by atoms with E-state index in [1.165, 1.54) is 34.6 Å². The molecule has 0 unspecified atom stereocenters. The number of esters is 1. The molecular weight excluding hydrogens is 697 g/mol. The molecule has 3 aromatic rings. The lowest BCUT2D eigenvalue weighted by Crippen LogP contribution is -2.13. The summed E-state index contributed by atoms with van der Waals surface area (Å²) in [5.74, 6) is 2.92. The zero-order valence-corrected chi connectivity index (χ0v) is 21.6. The molecule has 0 aromatic heterocycles. The molecule has 1 aliphatic heterocycles. The van der Waals surface area contributed by atoms with Gasteiger partial charge in [0.15, 0.2) is 4.90 Å². The van der Waals surface area contributed by atoms with Gasteiger partial charge in [-0.15, -0.1) is 0 Å². The van der Waals surface area contributed by atoms with Crippen molar-refractivity contribution in [2.24, 2.45) is 0 Å². The standard InChI is InChI=1S/C21H16I3O2S/c22-15-9-10-16(23)20(24)19(15)21(25)26-17-7-3-6-14-13(17)5-4-8-18(14)27-11-1-2-12-27/h3-10H,1-2,11-12H2/q+1. The van der Waals surface area contributed by atoms with Gasteiger partial charge in [-0.1, -0.05) is 18.2 Å². The maximum absolute atomic E-state index is 13.0. The summed E-state index contributed by atoms with van der Waals surface area (Å²) in [5.41, 5.74) is 0.647. The topological polar surface area (TPSA) is 26.3 Å². The van der Waals surface area contributed by atoms with Crippen molar-refractivity contribution in [3.8, 4) is 5.75 Å². The lowest BCUT2D eigenvalue weighted by Gasteiger charge is -2.12. The highest BCUT2D eigenvalue weighted by Crippen LogP contribution is 2.34. The van der Waals surface area contributed by atoms with Crippen LogP contribution in [0.3, 0.4) is 0 Å². The van der Waals surface area contributed by atoms with E-state index in [1.54, 1.807) is 0 Å². The van der Waals surface area contributed by atoms with Gasteiger partial charge in [-0.3, -0.25) is 0 Å². The minimum atomic E-state index is -0.288. The average molecular weight is 713 g/mol. The summed E-state index contributed by atoms with van der Waals surface area (Å²) >= 11 is 6.68. The Morgan fingerprint density at radius 1 is 0.852 bits per heavy atom. The predicted octanol–water partition coefficient (Wildman–Crippen LogP) is 6.64. The summed E-state index contributed by atoms with van der Waals surface area (Å²) in [4.78, 5) is 14.4. The molecule has 0 amide bonds. The van der Waals surface area contributed by atoms with Crippen molar-refractivity contribution in [2.45, 2.75) is 17.7 Å². The molecule has 1 saturated heterocycles. The Hall–Kier alpha value is -0.0700. The van der Waals surface area contributed by atoms with Crippen molar-refractivity contribution < 1.29 is 9.53 Å². The predicted molar refractivity (Wildman–Crippen MR) is 138 cm³/mol. The zero-order valence-electron chi connectivity index (χ0n) is 14.3. The fourth-order valence-electron chi connectivity index (χ4n) is 3.33. The second-order valence-corrected chi connectivity index (χ2v) is 12.0. The number of fused-ring (bicyclic) bond motifs is 1. The molecular formula is C21H16I3O2S+. The minimum Gasteiger partial charge on any atom is -0.422 e. The molecule has 27 heavy (non-hydrogen) atoms. The summed E-state index contributed by atoms with van der Waals surface area (Å²) in [7, 11) is 0.324. The summed E-state index contributed by atoms with van der Waals surface area (Å²) in [6, 6.07) is 16.4. The molecule has 0 radical (unpaired) electrons. The lowest BCUT2D eigenvalue weighted by molar-refractivity contribution is 0.0735. The van der Waals surface area contributed by atoms with E-state index in [4.69, 9.17) is 4.74 Å². The molecule has 0 saturated carbocycles. The Morgan fingerprint density at radius 3 is 2.30 bits per heavy atom. The Labute approximate surface area is 202 Å². The normalized spacial score (nSPS) is 14.6. The van der Waals surface area contributed by atoms with E-state index in [9.17, 15) is 4.79 Å². The fraction of sp³-hybridized carbons (Fsp3) is 0.190. The molecule has 1 aliphatic rings. The van der Waals surface area contributed by atoms with E-state index in [0.29, 0.717) is 22.2 Å². The van der Waals surface area contributed by atoms with Gasteiger partial charge >= 0.3 is 5.97 Å². The van der Waals surface area contributed by atoms with Gasteiger partial charge in [0.05, 0.1) is 5.56 Å². The maximum atomic E-state index is 13.0. The van der Waals surface area contributed by atoms with Crippen LogP contribution >= 0.6 is 67.8 Å². The molecule has 2 nitrogen and oxygen atoms in total. The number of benzene rings is 3. The minimum absolute atomic E-state index is 0.288. The number of hydrogen-bond acceptors (Lipinski definition) is 2. The molecule has 0 atom stereocenters. The lowest BCUT2D eigenvalue weighted by atomic mass is 10.1. The van der Waals surface area contributed by atoms with Crippen LogP contribution in [0.25, 0.3) is 10.8 Å². The van der Waals surface area contributed by atoms with Crippen LogP contribution in [-0.4, -0.2) is 17.5 Å². The first-order valence-corrected chi connectivity index (χ1v) is 13.4. The molecule has 6 heteroatoms. The smallest absolute Gasteiger partial charge is 0.345 e. The van der Waals surface area contributed by atoms with Gasteiger partial charge in [-0.2, -0.15) is 0 Å². The molecule has 3 aromatic carbocycles. The van der Waals surface area contributed by atoms with Gasteiger partial charge < -0.3 is 4.74 Å². The number of ether oxygens (including phenoxy) is 1. The van der Waals surface area contributed by atoms with Crippen LogP contribution in [0.4, 0.5) is 0 Å². The summed E-state index contributed by atoms with van der Waals surface area (Å²) in [6.45, 7) is 0. The summed E-state index contributed by atoms with van der Waals surface area (Å²) in [6.07, 6.45) is 2.63. The van der Waals surface area contributed by atoms with Gasteiger partial charge in [0.1, 0.15) is 17.3 Å². The van der Waals surface area contributed by atoms with E-state index < -0.39 is 0 Å². The van der Waals surface area contributed by atoms with Gasteiger partial charge in [0.25, 0.3) is 0 Å². The highest BCUT2D eigenvalue weighted by Gasteiger charge is 2.29. The van der Waals surface area contributed by atoms with Gasteiger partial charge in [0.2, 0.25) is 0 Å². The number of carbonyl (C=O) groups excluding carboxylic acids is 1. The van der Waals surface area contributed by atoms with Crippen molar-refractivity contribution >= 4 is 95.4 Å². The van der Waals surface area contributed by atoms with Crippen molar-refractivity contribution in [1.29, 1.82) is 0 Å². The Balaban J connectivity index is 1.74. The third-order valence-corrected chi connectivity index (χ3v) is 11.1. The average Bonchev–Trinajstić information content (AvgIpc) is 3.19. The molecule has 4 rings (SSSR count). The van der Waals surface area contributed by atoms with Crippen LogP contribution < -0.4 is 4.74 Å². The van der Waals surface area contributed by atoms with Crippen molar-refractivity contribution in [3.63, 3.8) is 0 Å². The first kappa shape index (κ1) is 20.2. The van der Waals surface area contributed by atoms with Crippen LogP contribution in [0, 0.1) is 10.7 Å². The number of carbonyl (C=O) groups is 1. The van der Waals surface area contributed by atoms with Crippen molar-refractivity contribution in [1.82, 2.24) is 0 Å². The molecule has 1 fully saturated rings. The molecule has 0 N–H and O–H groups in total. The zero-order chi connectivity index (χ0) is 19.0. The Bertz CT molecular complexity index is 1030. The molecule has 1 heterocycles.